The molecule has 6 nitrogen and oxygen atoms in total. The minimum Gasteiger partial charge on any atom is -0.425 e. The summed E-state index contributed by atoms with van der Waals surface area (Å²) < 4.78 is 33.2. The SMILES string of the molecule is CCc1ccc(S(=O)(=O)N2CCC(c3nnc(C(C)C)o3)CC2)s1. The van der Waals surface area contributed by atoms with Gasteiger partial charge in [0.15, 0.2) is 0 Å². The van der Waals surface area contributed by atoms with Crippen molar-refractivity contribution in [3.05, 3.63) is 28.8 Å². The van der Waals surface area contributed by atoms with Crippen molar-refractivity contribution < 1.29 is 12.8 Å². The maximum atomic E-state index is 12.7. The van der Waals surface area contributed by atoms with Gasteiger partial charge in [0, 0.05) is 29.8 Å². The fraction of sp³-hybridized carbons (Fsp3) is 0.625. The average molecular weight is 370 g/mol. The highest BCUT2D eigenvalue weighted by Gasteiger charge is 2.32. The summed E-state index contributed by atoms with van der Waals surface area (Å²) in [6.45, 7) is 7.04. The van der Waals surface area contributed by atoms with Crippen molar-refractivity contribution in [3.8, 4) is 0 Å². The predicted molar refractivity (Wildman–Crippen MR) is 92.8 cm³/mol. The van der Waals surface area contributed by atoms with E-state index >= 15 is 0 Å². The summed E-state index contributed by atoms with van der Waals surface area (Å²) in [6.07, 6.45) is 2.29. The van der Waals surface area contributed by atoms with Gasteiger partial charge in [-0.2, -0.15) is 4.31 Å². The van der Waals surface area contributed by atoms with E-state index in [9.17, 15) is 8.42 Å². The zero-order chi connectivity index (χ0) is 17.3. The number of aryl methyl sites for hydroxylation is 1. The van der Waals surface area contributed by atoms with Gasteiger partial charge in [-0.15, -0.1) is 21.5 Å². The molecule has 0 aromatic carbocycles. The van der Waals surface area contributed by atoms with Crippen molar-refractivity contribution in [2.24, 2.45) is 0 Å². The van der Waals surface area contributed by atoms with Gasteiger partial charge < -0.3 is 4.42 Å². The van der Waals surface area contributed by atoms with E-state index in [1.54, 1.807) is 10.4 Å². The molecule has 1 aliphatic heterocycles. The molecular formula is C16H23N3O3S2. The van der Waals surface area contributed by atoms with Crippen molar-refractivity contribution >= 4 is 21.4 Å². The summed E-state index contributed by atoms with van der Waals surface area (Å²) in [4.78, 5) is 1.09. The number of piperidine rings is 1. The van der Waals surface area contributed by atoms with Crippen LogP contribution in [0.5, 0.6) is 0 Å². The van der Waals surface area contributed by atoms with Crippen molar-refractivity contribution in [1.82, 2.24) is 14.5 Å². The maximum absolute atomic E-state index is 12.7. The first-order chi connectivity index (χ1) is 11.4. The molecule has 0 spiro atoms. The molecule has 2 aromatic rings. The fourth-order valence-electron chi connectivity index (χ4n) is 2.80. The molecule has 0 bridgehead atoms. The number of hydrogen-bond acceptors (Lipinski definition) is 6. The zero-order valence-corrected chi connectivity index (χ0v) is 15.9. The third-order valence-electron chi connectivity index (χ3n) is 4.33. The summed E-state index contributed by atoms with van der Waals surface area (Å²) in [7, 11) is -3.38. The number of nitrogens with zero attached hydrogens (tertiary/aromatic N) is 3. The fourth-order valence-corrected chi connectivity index (χ4v) is 5.72. The summed E-state index contributed by atoms with van der Waals surface area (Å²) in [5.74, 6) is 1.63. The predicted octanol–water partition coefficient (Wildman–Crippen LogP) is 3.39. The van der Waals surface area contributed by atoms with E-state index in [-0.39, 0.29) is 11.8 Å². The number of rotatable bonds is 5. The lowest BCUT2D eigenvalue weighted by Gasteiger charge is -2.29. The van der Waals surface area contributed by atoms with Gasteiger partial charge >= 0.3 is 0 Å². The van der Waals surface area contributed by atoms with E-state index in [2.05, 4.69) is 10.2 Å². The summed E-state index contributed by atoms with van der Waals surface area (Å²) in [5, 5.41) is 8.21. The highest BCUT2D eigenvalue weighted by atomic mass is 32.2. The van der Waals surface area contributed by atoms with Crippen LogP contribution in [0.25, 0.3) is 0 Å². The van der Waals surface area contributed by atoms with E-state index in [0.29, 0.717) is 41.9 Å². The van der Waals surface area contributed by atoms with Crippen LogP contribution in [-0.4, -0.2) is 36.0 Å². The van der Waals surface area contributed by atoms with Crippen molar-refractivity contribution in [2.45, 2.75) is 56.1 Å². The van der Waals surface area contributed by atoms with Gasteiger partial charge in [-0.3, -0.25) is 0 Å². The molecular weight excluding hydrogens is 346 g/mol. The Labute approximate surface area is 146 Å². The van der Waals surface area contributed by atoms with Crippen LogP contribution in [0.2, 0.25) is 0 Å². The van der Waals surface area contributed by atoms with Gasteiger partial charge in [0.1, 0.15) is 4.21 Å². The van der Waals surface area contributed by atoms with Crippen LogP contribution < -0.4 is 0 Å². The summed E-state index contributed by atoms with van der Waals surface area (Å²) in [6, 6.07) is 3.62. The first-order valence-electron chi connectivity index (χ1n) is 8.34. The Hall–Kier alpha value is -1.25. The van der Waals surface area contributed by atoms with E-state index < -0.39 is 10.0 Å². The Morgan fingerprint density at radius 1 is 1.29 bits per heavy atom. The summed E-state index contributed by atoms with van der Waals surface area (Å²) >= 11 is 1.37. The van der Waals surface area contributed by atoms with Gasteiger partial charge in [-0.1, -0.05) is 20.8 Å². The minimum atomic E-state index is -3.38. The lowest BCUT2D eigenvalue weighted by Crippen LogP contribution is -2.37. The van der Waals surface area contributed by atoms with Crippen LogP contribution in [0, 0.1) is 0 Å². The molecule has 3 heterocycles. The van der Waals surface area contributed by atoms with Crippen LogP contribution in [-0.2, 0) is 16.4 Å². The zero-order valence-electron chi connectivity index (χ0n) is 14.2. The molecule has 0 atom stereocenters. The first kappa shape index (κ1) is 17.6. The Bertz CT molecular complexity index is 787. The molecule has 2 aromatic heterocycles. The normalized spacial score (nSPS) is 17.7. The number of sulfonamides is 1. The van der Waals surface area contributed by atoms with Gasteiger partial charge in [-0.25, -0.2) is 8.42 Å². The Balaban J connectivity index is 1.67. The lowest BCUT2D eigenvalue weighted by molar-refractivity contribution is 0.285. The molecule has 132 valence electrons. The van der Waals surface area contributed by atoms with Gasteiger partial charge in [-0.05, 0) is 31.4 Å². The van der Waals surface area contributed by atoms with Crippen molar-refractivity contribution in [1.29, 1.82) is 0 Å². The third kappa shape index (κ3) is 3.41. The van der Waals surface area contributed by atoms with E-state index in [0.717, 1.165) is 11.3 Å². The van der Waals surface area contributed by atoms with E-state index in [4.69, 9.17) is 4.42 Å². The molecule has 0 N–H and O–H groups in total. The van der Waals surface area contributed by atoms with Gasteiger partial charge in [0.2, 0.25) is 11.8 Å². The van der Waals surface area contributed by atoms with Crippen molar-refractivity contribution in [2.75, 3.05) is 13.1 Å². The quantitative estimate of drug-likeness (QED) is 0.807. The third-order valence-corrected chi connectivity index (χ3v) is 7.93. The number of thiophene rings is 1. The average Bonchev–Trinajstić information content (AvgIpc) is 3.24. The number of aromatic nitrogens is 2. The second-order valence-corrected chi connectivity index (χ2v) is 9.72. The standard InChI is InChI=1S/C16H23N3O3S2/c1-4-13-5-6-14(23-13)24(20,21)19-9-7-12(8-10-19)16-18-17-15(22-16)11(2)3/h5-6,11-12H,4,7-10H2,1-3H3. The lowest BCUT2D eigenvalue weighted by atomic mass is 9.98. The second kappa shape index (κ2) is 6.93. The topological polar surface area (TPSA) is 76.3 Å². The van der Waals surface area contributed by atoms with Crippen LogP contribution in [0.1, 0.15) is 62.1 Å². The minimum absolute atomic E-state index is 0.144. The van der Waals surface area contributed by atoms with Crippen LogP contribution in [0.3, 0.4) is 0 Å². The van der Waals surface area contributed by atoms with Crippen LogP contribution in [0.15, 0.2) is 20.8 Å². The van der Waals surface area contributed by atoms with Crippen LogP contribution >= 0.6 is 11.3 Å². The molecule has 0 saturated carbocycles. The molecule has 0 unspecified atom stereocenters. The highest BCUT2D eigenvalue weighted by Crippen LogP contribution is 2.32. The van der Waals surface area contributed by atoms with Gasteiger partial charge in [0.05, 0.1) is 0 Å². The second-order valence-electron chi connectivity index (χ2n) is 6.39. The molecule has 0 amide bonds. The highest BCUT2D eigenvalue weighted by molar-refractivity contribution is 7.91. The molecule has 0 radical (unpaired) electrons. The smallest absolute Gasteiger partial charge is 0.252 e. The molecule has 3 rings (SSSR count). The molecule has 8 heteroatoms. The molecule has 24 heavy (non-hydrogen) atoms. The van der Waals surface area contributed by atoms with Crippen molar-refractivity contribution in [3.63, 3.8) is 0 Å². The molecule has 1 aliphatic rings. The molecule has 1 fully saturated rings. The Morgan fingerprint density at radius 3 is 2.54 bits per heavy atom. The summed E-state index contributed by atoms with van der Waals surface area (Å²) in [5.41, 5.74) is 0. The Kier molecular flexibility index (Phi) is 5.08. The first-order valence-corrected chi connectivity index (χ1v) is 10.6. The Morgan fingerprint density at radius 2 is 2.00 bits per heavy atom. The number of hydrogen-bond donors (Lipinski definition) is 0. The van der Waals surface area contributed by atoms with Crippen LogP contribution in [0.4, 0.5) is 0 Å². The van der Waals surface area contributed by atoms with E-state index in [1.807, 2.05) is 26.8 Å². The largest absolute Gasteiger partial charge is 0.425 e. The monoisotopic (exact) mass is 369 g/mol. The van der Waals surface area contributed by atoms with E-state index in [1.165, 1.54) is 11.3 Å². The molecule has 0 aliphatic carbocycles. The maximum Gasteiger partial charge on any atom is 0.252 e. The molecule has 1 saturated heterocycles. The van der Waals surface area contributed by atoms with Gasteiger partial charge in [0.25, 0.3) is 10.0 Å².